The third kappa shape index (κ3) is 5.35. The Morgan fingerprint density at radius 2 is 1.24 bits per heavy atom. The average molecular weight is 477 g/mol. The van der Waals surface area contributed by atoms with Gasteiger partial charge in [0.2, 0.25) is 11.8 Å². The number of hydrogen-bond acceptors (Lipinski definition) is 2. The van der Waals surface area contributed by atoms with Crippen LogP contribution in [0.5, 0.6) is 0 Å². The van der Waals surface area contributed by atoms with E-state index in [1.165, 1.54) is 45.9 Å². The first-order valence-electron chi connectivity index (χ1n) is 8.33. The van der Waals surface area contributed by atoms with Gasteiger partial charge in [-0.2, -0.15) is 0 Å². The van der Waals surface area contributed by atoms with Crippen molar-refractivity contribution in [3.8, 4) is 0 Å². The first-order chi connectivity index (χ1) is 13.1. The highest BCUT2D eigenvalue weighted by molar-refractivity contribution is 9.10. The number of rotatable bonds is 4. The van der Waals surface area contributed by atoms with Crippen molar-refractivity contribution in [2.45, 2.75) is 38.5 Å². The van der Waals surface area contributed by atoms with Gasteiger partial charge < -0.3 is 11.5 Å². The molecule has 9 heteroatoms. The van der Waals surface area contributed by atoms with E-state index in [0.29, 0.717) is 4.47 Å². The smallest absolute Gasteiger partial charge is 0.227 e. The predicted molar refractivity (Wildman–Crippen MR) is 105 cm³/mol. The van der Waals surface area contributed by atoms with Crippen LogP contribution < -0.4 is 11.5 Å². The summed E-state index contributed by atoms with van der Waals surface area (Å²) in [7, 11) is 0. The molecule has 0 heterocycles. The Labute approximate surface area is 174 Å². The molecular weight excluding hydrogens is 456 g/mol. The predicted octanol–water partition coefficient (Wildman–Crippen LogP) is 4.22. The van der Waals surface area contributed by atoms with Gasteiger partial charge in [0.05, 0.1) is 10.8 Å². The van der Waals surface area contributed by atoms with Gasteiger partial charge in [-0.1, -0.05) is 28.1 Å². The minimum absolute atomic E-state index is 0.0231. The maximum absolute atomic E-state index is 13.4. The van der Waals surface area contributed by atoms with E-state index in [0.717, 1.165) is 12.1 Å². The molecule has 0 aliphatic heterocycles. The molecule has 2 aromatic rings. The summed E-state index contributed by atoms with van der Waals surface area (Å²) < 4.78 is 53.0. The Morgan fingerprint density at radius 3 is 1.72 bits per heavy atom. The van der Waals surface area contributed by atoms with E-state index in [1.807, 2.05) is 0 Å². The van der Waals surface area contributed by atoms with Crippen molar-refractivity contribution in [3.05, 3.63) is 69.2 Å². The second kappa shape index (κ2) is 8.94. The molecule has 29 heavy (non-hydrogen) atoms. The molecule has 0 saturated carbocycles. The summed E-state index contributed by atoms with van der Waals surface area (Å²) in [5, 5.41) is 0. The quantitative estimate of drug-likeness (QED) is 0.511. The number of carbonyl (C=O) groups excluding carboxylic acids is 2. The monoisotopic (exact) mass is 476 g/mol. The summed E-state index contributed by atoms with van der Waals surface area (Å²) in [6.07, 6.45) is 0. The number of carbonyl (C=O) groups is 2. The van der Waals surface area contributed by atoms with Crippen molar-refractivity contribution in [2.75, 3.05) is 0 Å². The summed E-state index contributed by atoms with van der Waals surface area (Å²) in [6, 6.07) is 6.04. The summed E-state index contributed by atoms with van der Waals surface area (Å²) in [6.45, 7) is 5.79. The number of nitrogens with two attached hydrogens (primary N) is 2. The van der Waals surface area contributed by atoms with Gasteiger partial charge in [-0.05, 0) is 45.9 Å². The molecule has 2 amide bonds. The van der Waals surface area contributed by atoms with Crippen molar-refractivity contribution in [2.24, 2.45) is 11.5 Å². The fourth-order valence-corrected chi connectivity index (χ4v) is 2.69. The zero-order valence-electron chi connectivity index (χ0n) is 16.2. The molecule has 0 aliphatic carbocycles. The van der Waals surface area contributed by atoms with E-state index < -0.39 is 45.9 Å². The SMILES string of the molecule is CC(C)(C(N)=O)c1cc(Br)cc(F)c1F.CC(C)(C(N)=O)c1cccc(F)c1F. The van der Waals surface area contributed by atoms with Crippen LogP contribution in [-0.2, 0) is 20.4 Å². The molecule has 0 saturated heterocycles. The largest absolute Gasteiger partial charge is 0.369 e. The van der Waals surface area contributed by atoms with Crippen LogP contribution in [0.15, 0.2) is 34.8 Å². The van der Waals surface area contributed by atoms with Crippen molar-refractivity contribution >= 4 is 27.7 Å². The van der Waals surface area contributed by atoms with Gasteiger partial charge in [0.25, 0.3) is 0 Å². The maximum atomic E-state index is 13.4. The lowest BCUT2D eigenvalue weighted by atomic mass is 9.83. The topological polar surface area (TPSA) is 86.2 Å². The first-order valence-corrected chi connectivity index (χ1v) is 9.12. The highest BCUT2D eigenvalue weighted by atomic mass is 79.9. The molecule has 0 fully saturated rings. The Hall–Kier alpha value is -2.42. The lowest BCUT2D eigenvalue weighted by Gasteiger charge is -2.22. The maximum Gasteiger partial charge on any atom is 0.227 e. The normalized spacial score (nSPS) is 11.5. The Bertz CT molecular complexity index is 946. The molecule has 0 radical (unpaired) electrons. The van der Waals surface area contributed by atoms with Crippen LogP contribution in [0.4, 0.5) is 17.6 Å². The fourth-order valence-electron chi connectivity index (χ4n) is 2.26. The number of halogens is 5. The molecule has 2 rings (SSSR count). The molecule has 4 nitrogen and oxygen atoms in total. The van der Waals surface area contributed by atoms with Crippen molar-refractivity contribution in [3.63, 3.8) is 0 Å². The molecular formula is C20H21BrF4N2O2. The first kappa shape index (κ1) is 24.6. The van der Waals surface area contributed by atoms with Gasteiger partial charge in [-0.3, -0.25) is 9.59 Å². The lowest BCUT2D eigenvalue weighted by Crippen LogP contribution is -2.36. The van der Waals surface area contributed by atoms with Crippen LogP contribution in [0.3, 0.4) is 0 Å². The van der Waals surface area contributed by atoms with Crippen LogP contribution >= 0.6 is 15.9 Å². The zero-order chi connectivity index (χ0) is 22.7. The summed E-state index contributed by atoms with van der Waals surface area (Å²) in [5.74, 6) is -5.44. The van der Waals surface area contributed by atoms with Gasteiger partial charge in [0.15, 0.2) is 23.3 Å². The van der Waals surface area contributed by atoms with Crippen LogP contribution in [0.25, 0.3) is 0 Å². The molecule has 0 aromatic heterocycles. The standard InChI is InChI=1S/C10H10BrF2NO.C10H11F2NO/c1-10(2,9(14)15)6-3-5(11)4-7(12)8(6)13;1-10(2,9(13)14)6-4-3-5-7(11)8(6)12/h3-4H,1-2H3,(H2,14,15);3-5H,1-2H3,(H2,13,14). The van der Waals surface area contributed by atoms with E-state index >= 15 is 0 Å². The molecule has 0 aliphatic rings. The van der Waals surface area contributed by atoms with E-state index in [-0.39, 0.29) is 11.1 Å². The lowest BCUT2D eigenvalue weighted by molar-refractivity contribution is -0.123. The third-order valence-electron chi connectivity index (χ3n) is 4.52. The second-order valence-electron chi connectivity index (χ2n) is 7.33. The Kier molecular flexibility index (Phi) is 7.59. The average Bonchev–Trinajstić information content (AvgIpc) is 2.60. The summed E-state index contributed by atoms with van der Waals surface area (Å²) in [5.41, 5.74) is 7.70. The Balaban J connectivity index is 0.000000291. The number of hydrogen-bond donors (Lipinski definition) is 2. The van der Waals surface area contributed by atoms with Crippen LogP contribution in [0.2, 0.25) is 0 Å². The fraction of sp³-hybridized carbons (Fsp3) is 0.300. The number of primary amides is 2. The van der Waals surface area contributed by atoms with E-state index in [4.69, 9.17) is 11.5 Å². The third-order valence-corrected chi connectivity index (χ3v) is 4.98. The van der Waals surface area contributed by atoms with Gasteiger partial charge in [-0.25, -0.2) is 17.6 Å². The minimum atomic E-state index is -1.24. The van der Waals surface area contributed by atoms with Crippen LogP contribution in [0, 0.1) is 23.3 Å². The van der Waals surface area contributed by atoms with Crippen molar-refractivity contribution < 1.29 is 27.2 Å². The molecule has 0 spiro atoms. The van der Waals surface area contributed by atoms with Gasteiger partial charge in [-0.15, -0.1) is 0 Å². The van der Waals surface area contributed by atoms with Crippen molar-refractivity contribution in [1.29, 1.82) is 0 Å². The van der Waals surface area contributed by atoms with Gasteiger partial charge in [0.1, 0.15) is 0 Å². The van der Waals surface area contributed by atoms with Gasteiger partial charge in [0, 0.05) is 15.6 Å². The summed E-state index contributed by atoms with van der Waals surface area (Å²) >= 11 is 3.03. The molecule has 0 atom stereocenters. The highest BCUT2D eigenvalue weighted by Gasteiger charge is 2.32. The molecule has 4 N–H and O–H groups in total. The van der Waals surface area contributed by atoms with Crippen LogP contribution in [-0.4, -0.2) is 11.8 Å². The molecule has 0 bridgehead atoms. The number of amides is 2. The molecule has 2 aromatic carbocycles. The second-order valence-corrected chi connectivity index (χ2v) is 8.24. The van der Waals surface area contributed by atoms with Crippen LogP contribution in [0.1, 0.15) is 38.8 Å². The van der Waals surface area contributed by atoms with Crippen molar-refractivity contribution in [1.82, 2.24) is 0 Å². The minimum Gasteiger partial charge on any atom is -0.369 e. The molecule has 158 valence electrons. The van der Waals surface area contributed by atoms with E-state index in [9.17, 15) is 27.2 Å². The van der Waals surface area contributed by atoms with E-state index in [1.54, 1.807) is 0 Å². The molecule has 0 unspecified atom stereocenters. The van der Waals surface area contributed by atoms with E-state index in [2.05, 4.69) is 15.9 Å². The zero-order valence-corrected chi connectivity index (χ0v) is 17.8. The Morgan fingerprint density at radius 1 is 0.793 bits per heavy atom. The summed E-state index contributed by atoms with van der Waals surface area (Å²) in [4.78, 5) is 22.1. The van der Waals surface area contributed by atoms with Gasteiger partial charge >= 0.3 is 0 Å². The highest BCUT2D eigenvalue weighted by Crippen LogP contribution is 2.30. The number of benzene rings is 2.